The average molecular weight is 288 g/mol. The number of amides is 1. The maximum Gasteiger partial charge on any atom is 0.252 e. The van der Waals surface area contributed by atoms with Gasteiger partial charge >= 0.3 is 0 Å². The maximum absolute atomic E-state index is 12.1. The van der Waals surface area contributed by atoms with E-state index >= 15 is 0 Å². The SMILES string of the molecule is O=C(NC[C@H]1COc2ccccc21)c1ccccc1Cl. The molecule has 20 heavy (non-hydrogen) atoms. The van der Waals surface area contributed by atoms with Crippen LogP contribution in [0.2, 0.25) is 5.02 Å². The number of hydrogen-bond acceptors (Lipinski definition) is 2. The van der Waals surface area contributed by atoms with Crippen LogP contribution in [0.15, 0.2) is 48.5 Å². The normalized spacial score (nSPS) is 16.4. The fraction of sp³-hybridized carbons (Fsp3) is 0.188. The van der Waals surface area contributed by atoms with E-state index in [1.54, 1.807) is 24.3 Å². The van der Waals surface area contributed by atoms with Gasteiger partial charge in [-0.2, -0.15) is 0 Å². The molecule has 0 unspecified atom stereocenters. The molecule has 2 aromatic carbocycles. The van der Waals surface area contributed by atoms with Crippen molar-refractivity contribution in [3.63, 3.8) is 0 Å². The Hall–Kier alpha value is -2.00. The van der Waals surface area contributed by atoms with Gasteiger partial charge in [-0.1, -0.05) is 41.9 Å². The molecule has 1 amide bonds. The molecule has 0 saturated heterocycles. The summed E-state index contributed by atoms with van der Waals surface area (Å²) in [4.78, 5) is 12.1. The Kier molecular flexibility index (Phi) is 3.61. The van der Waals surface area contributed by atoms with Crippen molar-refractivity contribution in [2.45, 2.75) is 5.92 Å². The maximum atomic E-state index is 12.1. The first kappa shape index (κ1) is 13.0. The van der Waals surface area contributed by atoms with E-state index in [2.05, 4.69) is 5.32 Å². The lowest BCUT2D eigenvalue weighted by atomic mass is 10.0. The van der Waals surface area contributed by atoms with Crippen molar-refractivity contribution in [3.05, 3.63) is 64.7 Å². The highest BCUT2D eigenvalue weighted by atomic mass is 35.5. The number of nitrogens with one attached hydrogen (secondary N) is 1. The summed E-state index contributed by atoms with van der Waals surface area (Å²) in [7, 11) is 0. The molecule has 1 atom stereocenters. The third kappa shape index (κ3) is 2.49. The lowest BCUT2D eigenvalue weighted by molar-refractivity contribution is 0.0950. The fourth-order valence-corrected chi connectivity index (χ4v) is 2.58. The van der Waals surface area contributed by atoms with E-state index in [-0.39, 0.29) is 11.8 Å². The summed E-state index contributed by atoms with van der Waals surface area (Å²) in [6.45, 7) is 1.14. The molecule has 0 radical (unpaired) electrons. The highest BCUT2D eigenvalue weighted by Gasteiger charge is 2.24. The molecule has 1 aliphatic rings. The number of carbonyl (C=O) groups excluding carboxylic acids is 1. The van der Waals surface area contributed by atoms with Crippen LogP contribution in [0.25, 0.3) is 0 Å². The summed E-state index contributed by atoms with van der Waals surface area (Å²) in [6, 6.07) is 15.0. The van der Waals surface area contributed by atoms with Crippen molar-refractivity contribution in [1.29, 1.82) is 0 Å². The molecule has 0 bridgehead atoms. The number of para-hydroxylation sites is 1. The van der Waals surface area contributed by atoms with Gasteiger partial charge in [-0.05, 0) is 18.2 Å². The van der Waals surface area contributed by atoms with Crippen LogP contribution < -0.4 is 10.1 Å². The lowest BCUT2D eigenvalue weighted by Gasteiger charge is -2.11. The summed E-state index contributed by atoms with van der Waals surface area (Å²) in [6.07, 6.45) is 0. The number of carbonyl (C=O) groups is 1. The summed E-state index contributed by atoms with van der Waals surface area (Å²) >= 11 is 6.01. The molecule has 1 heterocycles. The molecular weight excluding hydrogens is 274 g/mol. The van der Waals surface area contributed by atoms with Gasteiger partial charge in [-0.3, -0.25) is 4.79 Å². The molecule has 2 aromatic rings. The van der Waals surface area contributed by atoms with Gasteiger partial charge in [0, 0.05) is 18.0 Å². The molecule has 1 N–H and O–H groups in total. The Bertz CT molecular complexity index is 642. The van der Waals surface area contributed by atoms with Crippen LogP contribution in [0.5, 0.6) is 5.75 Å². The van der Waals surface area contributed by atoms with Crippen LogP contribution in [0.1, 0.15) is 21.8 Å². The minimum absolute atomic E-state index is 0.153. The Morgan fingerprint density at radius 1 is 1.20 bits per heavy atom. The second-order valence-corrected chi connectivity index (χ2v) is 5.14. The van der Waals surface area contributed by atoms with E-state index in [1.165, 1.54) is 0 Å². The number of fused-ring (bicyclic) bond motifs is 1. The predicted octanol–water partition coefficient (Wildman–Crippen LogP) is 3.25. The second-order valence-electron chi connectivity index (χ2n) is 4.74. The molecule has 1 aliphatic heterocycles. The summed E-state index contributed by atoms with van der Waals surface area (Å²) in [5.74, 6) is 0.946. The Morgan fingerprint density at radius 3 is 2.80 bits per heavy atom. The summed E-state index contributed by atoms with van der Waals surface area (Å²) < 4.78 is 5.60. The quantitative estimate of drug-likeness (QED) is 0.941. The van der Waals surface area contributed by atoms with Crippen LogP contribution in [-0.4, -0.2) is 19.1 Å². The average Bonchev–Trinajstić information content (AvgIpc) is 2.88. The Balaban J connectivity index is 1.67. The molecular formula is C16H14ClNO2. The number of rotatable bonds is 3. The molecule has 4 heteroatoms. The molecule has 0 saturated carbocycles. The molecule has 0 aliphatic carbocycles. The van der Waals surface area contributed by atoms with Gasteiger partial charge in [0.1, 0.15) is 5.75 Å². The third-order valence-corrected chi connectivity index (χ3v) is 3.76. The smallest absolute Gasteiger partial charge is 0.252 e. The topological polar surface area (TPSA) is 38.3 Å². The van der Waals surface area contributed by atoms with Crippen molar-refractivity contribution < 1.29 is 9.53 Å². The highest BCUT2D eigenvalue weighted by Crippen LogP contribution is 2.32. The standard InChI is InChI=1S/C16H14ClNO2/c17-14-7-3-1-6-13(14)16(19)18-9-11-10-20-15-8-4-2-5-12(11)15/h1-8,11H,9-10H2,(H,18,19)/t11-/m0/s1. The van der Waals surface area contributed by atoms with Gasteiger partial charge in [0.15, 0.2) is 0 Å². The number of ether oxygens (including phenoxy) is 1. The van der Waals surface area contributed by atoms with Crippen molar-refractivity contribution in [3.8, 4) is 5.75 Å². The van der Waals surface area contributed by atoms with E-state index in [1.807, 2.05) is 24.3 Å². The van der Waals surface area contributed by atoms with Crippen LogP contribution in [-0.2, 0) is 0 Å². The van der Waals surface area contributed by atoms with Gasteiger partial charge in [-0.25, -0.2) is 0 Å². The lowest BCUT2D eigenvalue weighted by Crippen LogP contribution is -2.29. The van der Waals surface area contributed by atoms with E-state index < -0.39 is 0 Å². The van der Waals surface area contributed by atoms with Crippen molar-refractivity contribution in [2.24, 2.45) is 0 Å². The highest BCUT2D eigenvalue weighted by molar-refractivity contribution is 6.33. The van der Waals surface area contributed by atoms with Crippen molar-refractivity contribution in [1.82, 2.24) is 5.32 Å². The van der Waals surface area contributed by atoms with Gasteiger partial charge in [0.2, 0.25) is 0 Å². The zero-order chi connectivity index (χ0) is 13.9. The predicted molar refractivity (Wildman–Crippen MR) is 78.5 cm³/mol. The second kappa shape index (κ2) is 5.55. The summed E-state index contributed by atoms with van der Waals surface area (Å²) in [5, 5.41) is 3.39. The zero-order valence-corrected chi connectivity index (χ0v) is 11.6. The zero-order valence-electron chi connectivity index (χ0n) is 10.8. The molecule has 3 rings (SSSR count). The van der Waals surface area contributed by atoms with Crippen LogP contribution >= 0.6 is 11.6 Å². The monoisotopic (exact) mass is 287 g/mol. The van der Waals surface area contributed by atoms with Gasteiger partial charge in [0.25, 0.3) is 5.91 Å². The van der Waals surface area contributed by atoms with Gasteiger partial charge < -0.3 is 10.1 Å². The van der Waals surface area contributed by atoms with E-state index in [0.717, 1.165) is 11.3 Å². The van der Waals surface area contributed by atoms with E-state index in [0.29, 0.717) is 23.7 Å². The van der Waals surface area contributed by atoms with Crippen molar-refractivity contribution >= 4 is 17.5 Å². The number of halogens is 1. The number of hydrogen-bond donors (Lipinski definition) is 1. The minimum Gasteiger partial charge on any atom is -0.493 e. The minimum atomic E-state index is -0.153. The van der Waals surface area contributed by atoms with Crippen LogP contribution in [0, 0.1) is 0 Å². The Morgan fingerprint density at radius 2 is 1.95 bits per heavy atom. The van der Waals surface area contributed by atoms with Gasteiger partial charge in [-0.15, -0.1) is 0 Å². The van der Waals surface area contributed by atoms with Crippen molar-refractivity contribution in [2.75, 3.05) is 13.2 Å². The molecule has 0 aromatic heterocycles. The fourth-order valence-electron chi connectivity index (χ4n) is 2.35. The third-order valence-electron chi connectivity index (χ3n) is 3.43. The first-order valence-electron chi connectivity index (χ1n) is 6.50. The number of benzene rings is 2. The van der Waals surface area contributed by atoms with Gasteiger partial charge in [0.05, 0.1) is 17.2 Å². The van der Waals surface area contributed by atoms with E-state index in [9.17, 15) is 4.79 Å². The first-order chi connectivity index (χ1) is 9.75. The first-order valence-corrected chi connectivity index (χ1v) is 6.88. The van der Waals surface area contributed by atoms with Crippen LogP contribution in [0.3, 0.4) is 0 Å². The van der Waals surface area contributed by atoms with E-state index in [4.69, 9.17) is 16.3 Å². The molecule has 0 fully saturated rings. The Labute approximate surface area is 122 Å². The molecule has 0 spiro atoms. The largest absolute Gasteiger partial charge is 0.493 e. The summed E-state index contributed by atoms with van der Waals surface area (Å²) in [5.41, 5.74) is 1.65. The molecule has 102 valence electrons. The molecule has 3 nitrogen and oxygen atoms in total. The van der Waals surface area contributed by atoms with Crippen LogP contribution in [0.4, 0.5) is 0 Å².